The fraction of sp³-hybridized carbons (Fsp3) is 0.190. The summed E-state index contributed by atoms with van der Waals surface area (Å²) in [7, 11) is 4.59. The maximum atomic E-state index is 13.1. The Hall–Kier alpha value is -3.86. The first-order valence-electron chi connectivity index (χ1n) is 8.63. The highest BCUT2D eigenvalue weighted by Gasteiger charge is 2.14. The molecule has 29 heavy (non-hydrogen) atoms. The summed E-state index contributed by atoms with van der Waals surface area (Å²) in [5, 5.41) is 9.36. The minimum Gasteiger partial charge on any atom is -0.493 e. The molecule has 0 N–H and O–H groups in total. The summed E-state index contributed by atoms with van der Waals surface area (Å²) in [5.41, 5.74) is 1.74. The Morgan fingerprint density at radius 2 is 1.76 bits per heavy atom. The van der Waals surface area contributed by atoms with Crippen molar-refractivity contribution in [3.05, 3.63) is 65.4 Å². The molecule has 0 atom stereocenters. The number of nitrogens with zero attached hydrogens (tertiary/aromatic N) is 4. The van der Waals surface area contributed by atoms with Crippen LogP contribution in [0.25, 0.3) is 0 Å². The van der Waals surface area contributed by atoms with Gasteiger partial charge in [-0.25, -0.2) is 14.4 Å². The molecule has 3 rings (SSSR count). The standard InChI is InChI=1S/C21H19FN4O3/c1-27-18-8-15(9-19(28-2)20(18)29-3)11-24-21-17(10-23)25-13-26(21)12-14-4-6-16(22)7-5-14/h4-9,11,13H,12H2,1-3H3. The van der Waals surface area contributed by atoms with Gasteiger partial charge in [0.25, 0.3) is 0 Å². The van der Waals surface area contributed by atoms with Crippen molar-refractivity contribution in [2.75, 3.05) is 21.3 Å². The number of aromatic nitrogens is 2. The third kappa shape index (κ3) is 4.35. The van der Waals surface area contributed by atoms with Gasteiger partial charge in [-0.1, -0.05) is 12.1 Å². The van der Waals surface area contributed by atoms with Gasteiger partial charge in [-0.05, 0) is 29.8 Å². The summed E-state index contributed by atoms with van der Waals surface area (Å²) in [6.45, 7) is 0.400. The van der Waals surface area contributed by atoms with Crippen LogP contribution in [0.5, 0.6) is 17.2 Å². The molecule has 8 heteroatoms. The summed E-state index contributed by atoms with van der Waals surface area (Å²) >= 11 is 0. The van der Waals surface area contributed by atoms with Crippen LogP contribution in [0, 0.1) is 17.1 Å². The van der Waals surface area contributed by atoms with Crippen molar-refractivity contribution < 1.29 is 18.6 Å². The Balaban J connectivity index is 1.95. The average molecular weight is 394 g/mol. The second-order valence-corrected chi connectivity index (χ2v) is 6.00. The van der Waals surface area contributed by atoms with E-state index in [2.05, 4.69) is 9.98 Å². The van der Waals surface area contributed by atoms with Crippen LogP contribution in [0.1, 0.15) is 16.8 Å². The van der Waals surface area contributed by atoms with Crippen molar-refractivity contribution in [1.82, 2.24) is 9.55 Å². The Morgan fingerprint density at radius 3 is 2.31 bits per heavy atom. The van der Waals surface area contributed by atoms with E-state index in [1.54, 1.807) is 35.0 Å². The van der Waals surface area contributed by atoms with E-state index in [1.807, 2.05) is 6.07 Å². The molecule has 1 heterocycles. The molecule has 0 saturated carbocycles. The Labute approximate surface area is 167 Å². The molecule has 148 valence electrons. The van der Waals surface area contributed by atoms with Gasteiger partial charge < -0.3 is 18.8 Å². The van der Waals surface area contributed by atoms with E-state index in [0.29, 0.717) is 35.2 Å². The SMILES string of the molecule is COc1cc(C=Nc2c(C#N)ncn2Cc2ccc(F)cc2)cc(OC)c1OC. The lowest BCUT2D eigenvalue weighted by Crippen LogP contribution is -1.99. The fourth-order valence-electron chi connectivity index (χ4n) is 2.80. The molecule has 0 amide bonds. The highest BCUT2D eigenvalue weighted by Crippen LogP contribution is 2.37. The van der Waals surface area contributed by atoms with E-state index in [0.717, 1.165) is 5.56 Å². The maximum absolute atomic E-state index is 13.1. The van der Waals surface area contributed by atoms with Crippen LogP contribution in [-0.4, -0.2) is 37.1 Å². The van der Waals surface area contributed by atoms with Gasteiger partial charge in [-0.3, -0.25) is 0 Å². The lowest BCUT2D eigenvalue weighted by molar-refractivity contribution is 0.324. The number of benzene rings is 2. The number of hydrogen-bond acceptors (Lipinski definition) is 6. The minimum atomic E-state index is -0.308. The largest absolute Gasteiger partial charge is 0.493 e. The summed E-state index contributed by atoms with van der Waals surface area (Å²) in [6.07, 6.45) is 3.12. The van der Waals surface area contributed by atoms with E-state index in [4.69, 9.17) is 14.2 Å². The van der Waals surface area contributed by atoms with Gasteiger partial charge in [0, 0.05) is 11.8 Å². The fourth-order valence-corrected chi connectivity index (χ4v) is 2.80. The van der Waals surface area contributed by atoms with Crippen LogP contribution >= 0.6 is 0 Å². The van der Waals surface area contributed by atoms with Crippen molar-refractivity contribution in [2.24, 2.45) is 4.99 Å². The van der Waals surface area contributed by atoms with Gasteiger partial charge in [0.05, 0.1) is 34.2 Å². The molecular weight excluding hydrogens is 375 g/mol. The van der Waals surface area contributed by atoms with Crippen LogP contribution in [0.15, 0.2) is 47.7 Å². The summed E-state index contributed by atoms with van der Waals surface area (Å²) in [4.78, 5) is 8.55. The molecule has 0 saturated heterocycles. The number of methoxy groups -OCH3 is 3. The summed E-state index contributed by atoms with van der Waals surface area (Å²) in [5.74, 6) is 1.55. The molecule has 0 aliphatic rings. The predicted molar refractivity (Wildman–Crippen MR) is 106 cm³/mol. The highest BCUT2D eigenvalue weighted by molar-refractivity contribution is 5.84. The van der Waals surface area contributed by atoms with E-state index in [1.165, 1.54) is 39.8 Å². The molecule has 7 nitrogen and oxygen atoms in total. The van der Waals surface area contributed by atoms with Gasteiger partial charge in [-0.15, -0.1) is 0 Å². The second kappa shape index (κ2) is 8.89. The molecule has 0 aliphatic heterocycles. The molecule has 3 aromatic rings. The second-order valence-electron chi connectivity index (χ2n) is 6.00. The first kappa shape index (κ1) is 19.9. The number of aliphatic imine (C=N–C) groups is 1. The number of nitriles is 1. The number of imidazole rings is 1. The van der Waals surface area contributed by atoms with E-state index >= 15 is 0 Å². The first-order valence-corrected chi connectivity index (χ1v) is 8.63. The summed E-state index contributed by atoms with van der Waals surface area (Å²) in [6, 6.07) is 11.7. The first-order chi connectivity index (χ1) is 14.1. The number of ether oxygens (including phenoxy) is 3. The lowest BCUT2D eigenvalue weighted by atomic mass is 10.2. The van der Waals surface area contributed by atoms with Crippen molar-refractivity contribution in [2.45, 2.75) is 6.54 Å². The zero-order chi connectivity index (χ0) is 20.8. The van der Waals surface area contributed by atoms with Gasteiger partial charge in [-0.2, -0.15) is 5.26 Å². The van der Waals surface area contributed by atoms with Crippen LogP contribution < -0.4 is 14.2 Å². The van der Waals surface area contributed by atoms with Crippen molar-refractivity contribution in [1.29, 1.82) is 5.26 Å². The predicted octanol–water partition coefficient (Wildman–Crippen LogP) is 3.72. The molecule has 0 fully saturated rings. The van der Waals surface area contributed by atoms with Gasteiger partial charge in [0.15, 0.2) is 23.0 Å². The summed E-state index contributed by atoms with van der Waals surface area (Å²) < 4.78 is 30.9. The van der Waals surface area contributed by atoms with E-state index < -0.39 is 0 Å². The van der Waals surface area contributed by atoms with Crippen molar-refractivity contribution in [3.63, 3.8) is 0 Å². The van der Waals surface area contributed by atoms with E-state index in [-0.39, 0.29) is 11.5 Å². The van der Waals surface area contributed by atoms with Gasteiger partial charge in [0.1, 0.15) is 11.9 Å². The third-order valence-corrected chi connectivity index (χ3v) is 4.21. The molecular formula is C21H19FN4O3. The topological polar surface area (TPSA) is 81.7 Å². The number of hydrogen-bond donors (Lipinski definition) is 0. The van der Waals surface area contributed by atoms with Crippen LogP contribution in [0.4, 0.5) is 10.2 Å². The number of rotatable bonds is 7. The monoisotopic (exact) mass is 394 g/mol. The zero-order valence-electron chi connectivity index (χ0n) is 16.2. The smallest absolute Gasteiger partial charge is 0.203 e. The third-order valence-electron chi connectivity index (χ3n) is 4.21. The van der Waals surface area contributed by atoms with E-state index in [9.17, 15) is 9.65 Å². The van der Waals surface area contributed by atoms with Crippen molar-refractivity contribution in [3.8, 4) is 23.3 Å². The molecule has 0 bridgehead atoms. The molecule has 0 unspecified atom stereocenters. The molecule has 2 aromatic carbocycles. The maximum Gasteiger partial charge on any atom is 0.203 e. The van der Waals surface area contributed by atoms with Crippen LogP contribution in [-0.2, 0) is 6.54 Å². The Kier molecular flexibility index (Phi) is 6.09. The zero-order valence-corrected chi connectivity index (χ0v) is 16.2. The van der Waals surface area contributed by atoms with Crippen LogP contribution in [0.2, 0.25) is 0 Å². The molecule has 0 radical (unpaired) electrons. The normalized spacial score (nSPS) is 10.7. The van der Waals surface area contributed by atoms with Crippen LogP contribution in [0.3, 0.4) is 0 Å². The van der Waals surface area contributed by atoms with Gasteiger partial charge in [0.2, 0.25) is 5.75 Å². The minimum absolute atomic E-state index is 0.191. The lowest BCUT2D eigenvalue weighted by Gasteiger charge is -2.12. The Bertz CT molecular complexity index is 1040. The average Bonchev–Trinajstić information content (AvgIpc) is 3.14. The molecule has 1 aromatic heterocycles. The molecule has 0 spiro atoms. The van der Waals surface area contributed by atoms with Gasteiger partial charge >= 0.3 is 0 Å². The quantitative estimate of drug-likeness (QED) is 0.571. The highest BCUT2D eigenvalue weighted by atomic mass is 19.1. The van der Waals surface area contributed by atoms with Crippen molar-refractivity contribution >= 4 is 12.0 Å². The molecule has 0 aliphatic carbocycles. The Morgan fingerprint density at radius 1 is 1.10 bits per heavy atom. The number of halogens is 1.